The van der Waals surface area contributed by atoms with Gasteiger partial charge in [-0.2, -0.15) is 16.5 Å². The van der Waals surface area contributed by atoms with Crippen molar-refractivity contribution in [1.29, 1.82) is 0 Å². The predicted octanol–water partition coefficient (Wildman–Crippen LogP) is 3.71. The van der Waals surface area contributed by atoms with Crippen LogP contribution in [0.15, 0.2) is 65.6 Å². The van der Waals surface area contributed by atoms with Crippen LogP contribution in [0.4, 0.5) is 0 Å². The molecule has 0 fully saturated rings. The van der Waals surface area contributed by atoms with Crippen molar-refractivity contribution >= 4 is 33.3 Å². The quantitative estimate of drug-likeness (QED) is 0.674. The molecule has 0 spiro atoms. The van der Waals surface area contributed by atoms with E-state index in [0.717, 1.165) is 12.0 Å². The summed E-state index contributed by atoms with van der Waals surface area (Å²) in [7, 11) is -3.77. The van der Waals surface area contributed by atoms with E-state index in [0.29, 0.717) is 25.3 Å². The average molecular weight is 445 g/mol. The van der Waals surface area contributed by atoms with Crippen molar-refractivity contribution in [2.45, 2.75) is 30.7 Å². The molecule has 0 aromatic heterocycles. The Morgan fingerprint density at radius 2 is 1.83 bits per heavy atom. The molecule has 30 heavy (non-hydrogen) atoms. The van der Waals surface area contributed by atoms with Crippen molar-refractivity contribution in [2.24, 2.45) is 0 Å². The van der Waals surface area contributed by atoms with Gasteiger partial charge >= 0.3 is 0 Å². The van der Waals surface area contributed by atoms with E-state index in [1.54, 1.807) is 40.9 Å². The number of nitrogens with one attached hydrogen (secondary N) is 1. The van der Waals surface area contributed by atoms with E-state index in [-0.39, 0.29) is 10.8 Å². The van der Waals surface area contributed by atoms with Crippen LogP contribution in [0, 0.1) is 6.92 Å². The molecule has 3 rings (SSSR count). The van der Waals surface area contributed by atoms with Crippen LogP contribution in [0.3, 0.4) is 0 Å². The Hall–Kier alpha value is -2.09. The molecule has 1 aliphatic rings. The van der Waals surface area contributed by atoms with Gasteiger partial charge in [-0.25, -0.2) is 8.42 Å². The number of carbonyl (C=O) groups is 1. The summed E-state index contributed by atoms with van der Waals surface area (Å²) in [6.07, 6.45) is 5.23. The van der Waals surface area contributed by atoms with Crippen molar-refractivity contribution < 1.29 is 13.2 Å². The molecule has 1 heterocycles. The van der Waals surface area contributed by atoms with Gasteiger partial charge in [-0.1, -0.05) is 54.1 Å². The van der Waals surface area contributed by atoms with E-state index in [1.807, 2.05) is 31.4 Å². The molecular formula is C23H28N2O3S2. The molecule has 0 radical (unpaired) electrons. The van der Waals surface area contributed by atoms with Crippen LogP contribution in [0.5, 0.6) is 0 Å². The van der Waals surface area contributed by atoms with E-state index < -0.39 is 16.1 Å². The van der Waals surface area contributed by atoms with Gasteiger partial charge < -0.3 is 4.90 Å². The summed E-state index contributed by atoms with van der Waals surface area (Å²) in [5.41, 5.74) is 3.38. The van der Waals surface area contributed by atoms with Crippen molar-refractivity contribution in [3.05, 3.63) is 71.8 Å². The van der Waals surface area contributed by atoms with Crippen molar-refractivity contribution in [1.82, 2.24) is 9.62 Å². The molecule has 1 aliphatic heterocycles. The number of amides is 1. The number of hydrogen-bond donors (Lipinski definition) is 1. The van der Waals surface area contributed by atoms with E-state index in [1.165, 1.54) is 11.1 Å². The minimum atomic E-state index is -3.77. The van der Waals surface area contributed by atoms with Crippen LogP contribution in [-0.2, 0) is 14.8 Å². The molecule has 2 aromatic rings. The Morgan fingerprint density at radius 3 is 2.43 bits per heavy atom. The van der Waals surface area contributed by atoms with Gasteiger partial charge in [0.2, 0.25) is 15.9 Å². The first-order valence-electron chi connectivity index (χ1n) is 10.0. The van der Waals surface area contributed by atoms with Gasteiger partial charge in [-0.05, 0) is 55.0 Å². The maximum absolute atomic E-state index is 13.2. The first kappa shape index (κ1) is 22.6. The standard InChI is InChI=1S/C23H28N2O3S2/c1-18-8-10-21(11-9-18)30(27,28)24-22(14-17-29-2)23(26)25-15-12-20(13-16-25)19-6-4-3-5-7-19/h3-12,22,24H,13-17H2,1-2H3/t22-/m0/s1. The highest BCUT2D eigenvalue weighted by Gasteiger charge is 2.29. The van der Waals surface area contributed by atoms with Crippen LogP contribution in [0.2, 0.25) is 0 Å². The fraction of sp³-hybridized carbons (Fsp3) is 0.348. The summed E-state index contributed by atoms with van der Waals surface area (Å²) in [5.74, 6) is 0.536. The SMILES string of the molecule is CSCC[C@H](NS(=O)(=O)c1ccc(C)cc1)C(=O)N1CC=C(c2ccccc2)CC1. The largest absolute Gasteiger partial charge is 0.337 e. The Labute approximate surface area is 183 Å². The predicted molar refractivity (Wildman–Crippen MR) is 124 cm³/mol. The second-order valence-electron chi connectivity index (χ2n) is 7.40. The van der Waals surface area contributed by atoms with E-state index in [4.69, 9.17) is 0 Å². The maximum atomic E-state index is 13.2. The highest BCUT2D eigenvalue weighted by atomic mass is 32.2. The molecule has 0 aliphatic carbocycles. The third-order valence-electron chi connectivity index (χ3n) is 5.20. The lowest BCUT2D eigenvalue weighted by Gasteiger charge is -2.30. The minimum absolute atomic E-state index is 0.164. The Bertz CT molecular complexity index is 987. The van der Waals surface area contributed by atoms with Crippen molar-refractivity contribution in [2.75, 3.05) is 25.1 Å². The summed E-state index contributed by atoms with van der Waals surface area (Å²) in [6.45, 7) is 2.98. The molecule has 0 unspecified atom stereocenters. The molecule has 1 atom stereocenters. The number of thioether (sulfide) groups is 1. The first-order valence-corrected chi connectivity index (χ1v) is 12.9. The van der Waals surface area contributed by atoms with Gasteiger partial charge in [0.15, 0.2) is 0 Å². The molecule has 2 aromatic carbocycles. The second-order valence-corrected chi connectivity index (χ2v) is 10.1. The van der Waals surface area contributed by atoms with E-state index >= 15 is 0 Å². The fourth-order valence-corrected chi connectivity index (χ4v) is 5.14. The molecule has 7 heteroatoms. The molecule has 1 N–H and O–H groups in total. The van der Waals surface area contributed by atoms with Crippen LogP contribution in [-0.4, -0.2) is 50.4 Å². The maximum Gasteiger partial charge on any atom is 0.241 e. The molecule has 160 valence electrons. The summed E-state index contributed by atoms with van der Waals surface area (Å²) < 4.78 is 28.3. The molecule has 1 amide bonds. The third-order valence-corrected chi connectivity index (χ3v) is 7.33. The zero-order chi connectivity index (χ0) is 21.6. The molecule has 5 nitrogen and oxygen atoms in total. The van der Waals surface area contributed by atoms with Gasteiger partial charge in [0, 0.05) is 13.1 Å². The third kappa shape index (κ3) is 5.74. The van der Waals surface area contributed by atoms with E-state index in [9.17, 15) is 13.2 Å². The number of hydrogen-bond acceptors (Lipinski definition) is 4. The van der Waals surface area contributed by atoms with Crippen LogP contribution < -0.4 is 4.72 Å². The lowest BCUT2D eigenvalue weighted by atomic mass is 9.99. The van der Waals surface area contributed by atoms with Crippen LogP contribution in [0.25, 0.3) is 5.57 Å². The Kier molecular flexibility index (Phi) is 7.75. The summed E-state index contributed by atoms with van der Waals surface area (Å²) in [5, 5.41) is 0. The topological polar surface area (TPSA) is 66.5 Å². The van der Waals surface area contributed by atoms with Gasteiger partial charge in [0.05, 0.1) is 4.90 Å². The van der Waals surface area contributed by atoms with Gasteiger partial charge in [-0.15, -0.1) is 0 Å². The summed E-state index contributed by atoms with van der Waals surface area (Å²) in [4.78, 5) is 15.1. The fourth-order valence-electron chi connectivity index (χ4n) is 3.45. The first-order chi connectivity index (χ1) is 14.4. The highest BCUT2D eigenvalue weighted by molar-refractivity contribution is 7.98. The number of nitrogens with zero attached hydrogens (tertiary/aromatic N) is 1. The summed E-state index contributed by atoms with van der Waals surface area (Å²) >= 11 is 1.60. The number of carbonyl (C=O) groups excluding carboxylic acids is 1. The van der Waals surface area contributed by atoms with Gasteiger partial charge in [0.1, 0.15) is 6.04 Å². The lowest BCUT2D eigenvalue weighted by Crippen LogP contribution is -2.49. The minimum Gasteiger partial charge on any atom is -0.337 e. The van der Waals surface area contributed by atoms with Crippen molar-refractivity contribution in [3.8, 4) is 0 Å². The zero-order valence-electron chi connectivity index (χ0n) is 17.4. The Morgan fingerprint density at radius 1 is 1.13 bits per heavy atom. The molecular weight excluding hydrogens is 416 g/mol. The number of sulfonamides is 1. The molecule has 0 saturated carbocycles. The zero-order valence-corrected chi connectivity index (χ0v) is 19.0. The van der Waals surface area contributed by atoms with Gasteiger partial charge in [-0.3, -0.25) is 4.79 Å². The van der Waals surface area contributed by atoms with Crippen molar-refractivity contribution in [3.63, 3.8) is 0 Å². The summed E-state index contributed by atoms with van der Waals surface area (Å²) in [6, 6.07) is 16.0. The number of rotatable bonds is 8. The van der Waals surface area contributed by atoms with Gasteiger partial charge in [0.25, 0.3) is 0 Å². The highest BCUT2D eigenvalue weighted by Crippen LogP contribution is 2.23. The molecule has 0 bridgehead atoms. The normalized spacial score (nSPS) is 15.5. The monoisotopic (exact) mass is 444 g/mol. The van der Waals surface area contributed by atoms with Crippen LogP contribution in [0.1, 0.15) is 24.0 Å². The van der Waals surface area contributed by atoms with Crippen LogP contribution >= 0.6 is 11.8 Å². The number of aryl methyl sites for hydroxylation is 1. The average Bonchev–Trinajstić information content (AvgIpc) is 2.77. The smallest absolute Gasteiger partial charge is 0.241 e. The Balaban J connectivity index is 1.73. The molecule has 0 saturated heterocycles. The van der Waals surface area contributed by atoms with E-state index in [2.05, 4.69) is 22.9 Å². The second kappa shape index (κ2) is 10.3. The lowest BCUT2D eigenvalue weighted by molar-refractivity contribution is -0.132. The number of benzene rings is 2.